The molecule has 0 bridgehead atoms. The molecule has 0 unspecified atom stereocenters. The summed E-state index contributed by atoms with van der Waals surface area (Å²) in [6.07, 6.45) is 1.62. The van der Waals surface area contributed by atoms with Crippen LogP contribution in [0.15, 0.2) is 46.0 Å². The number of guanidine groups is 1. The molecule has 3 N–H and O–H groups in total. The Morgan fingerprint density at radius 2 is 1.92 bits per heavy atom. The Hall–Kier alpha value is -2.83. The molecule has 0 saturated carbocycles. The van der Waals surface area contributed by atoms with Crippen LogP contribution in [0.4, 0.5) is 0 Å². The Kier molecular flexibility index (Phi) is 6.82. The highest BCUT2D eigenvalue weighted by Gasteiger charge is 2.06. The Bertz CT molecular complexity index is 667. The summed E-state index contributed by atoms with van der Waals surface area (Å²) in [6, 6.07) is 9.74. The number of benzene rings is 1. The van der Waals surface area contributed by atoms with Gasteiger partial charge in [0.2, 0.25) is 11.8 Å². The lowest BCUT2D eigenvalue weighted by molar-refractivity contribution is -0.118. The van der Waals surface area contributed by atoms with E-state index in [9.17, 15) is 4.79 Å². The van der Waals surface area contributed by atoms with Crippen LogP contribution in [-0.4, -0.2) is 36.5 Å². The summed E-state index contributed by atoms with van der Waals surface area (Å²) in [5.74, 6) is 1.21. The minimum atomic E-state index is -0.0465. The fraction of sp³-hybridized carbons (Fsp3) is 0.353. The number of nitrogens with one attached hydrogen (secondary N) is 3. The summed E-state index contributed by atoms with van der Waals surface area (Å²) in [6.45, 7) is 5.79. The molecule has 0 aliphatic rings. The Morgan fingerprint density at radius 1 is 1.17 bits per heavy atom. The van der Waals surface area contributed by atoms with Crippen molar-refractivity contribution in [2.45, 2.75) is 20.4 Å². The van der Waals surface area contributed by atoms with Crippen LogP contribution < -0.4 is 16.0 Å². The van der Waals surface area contributed by atoms with Crippen LogP contribution >= 0.6 is 0 Å². The first kappa shape index (κ1) is 17.5. The van der Waals surface area contributed by atoms with E-state index >= 15 is 0 Å². The van der Waals surface area contributed by atoms with Crippen LogP contribution in [0.2, 0.25) is 0 Å². The third-order valence-corrected chi connectivity index (χ3v) is 3.11. The zero-order valence-corrected chi connectivity index (χ0v) is 14.0. The van der Waals surface area contributed by atoms with Crippen LogP contribution in [0.25, 0.3) is 11.5 Å². The predicted octanol–water partition coefficient (Wildman–Crippen LogP) is 1.53. The first-order valence-corrected chi connectivity index (χ1v) is 7.95. The maximum Gasteiger partial charge on any atom is 0.226 e. The lowest BCUT2D eigenvalue weighted by atomic mass is 10.2. The lowest BCUT2D eigenvalue weighted by Gasteiger charge is -2.10. The third-order valence-electron chi connectivity index (χ3n) is 3.11. The first-order valence-electron chi connectivity index (χ1n) is 7.95. The molecule has 0 spiro atoms. The van der Waals surface area contributed by atoms with Gasteiger partial charge in [-0.15, -0.1) is 0 Å². The van der Waals surface area contributed by atoms with Crippen molar-refractivity contribution >= 4 is 11.9 Å². The first-order chi connectivity index (χ1) is 11.7. The number of carbonyl (C=O) groups excluding carboxylic acids is 1. The number of oxazole rings is 1. The molecule has 7 heteroatoms. The van der Waals surface area contributed by atoms with Gasteiger partial charge in [-0.2, -0.15) is 0 Å². The van der Waals surface area contributed by atoms with Gasteiger partial charge >= 0.3 is 0 Å². The van der Waals surface area contributed by atoms with Crippen LogP contribution in [0, 0.1) is 0 Å². The average Bonchev–Trinajstić information content (AvgIpc) is 3.06. The van der Waals surface area contributed by atoms with Gasteiger partial charge in [-0.1, -0.05) is 18.2 Å². The van der Waals surface area contributed by atoms with Crippen molar-refractivity contribution in [2.24, 2.45) is 4.99 Å². The van der Waals surface area contributed by atoms with Gasteiger partial charge in [0.25, 0.3) is 0 Å². The van der Waals surface area contributed by atoms with E-state index < -0.39 is 0 Å². The van der Waals surface area contributed by atoms with Crippen molar-refractivity contribution in [2.75, 3.05) is 19.6 Å². The van der Waals surface area contributed by atoms with E-state index in [0.717, 1.165) is 17.8 Å². The van der Waals surface area contributed by atoms with Gasteiger partial charge in [0.1, 0.15) is 12.0 Å². The third kappa shape index (κ3) is 5.75. The highest BCUT2D eigenvalue weighted by atomic mass is 16.3. The molecule has 7 nitrogen and oxygen atoms in total. The second-order valence-corrected chi connectivity index (χ2v) is 5.11. The summed E-state index contributed by atoms with van der Waals surface area (Å²) in [5.41, 5.74) is 1.70. The molecule has 1 aromatic carbocycles. The van der Waals surface area contributed by atoms with E-state index in [1.54, 1.807) is 6.26 Å². The molecular weight excluding hydrogens is 306 g/mol. The quantitative estimate of drug-likeness (QED) is 0.407. The van der Waals surface area contributed by atoms with E-state index in [2.05, 4.69) is 25.9 Å². The van der Waals surface area contributed by atoms with Gasteiger partial charge in [-0.05, 0) is 19.1 Å². The molecule has 0 aliphatic heterocycles. The lowest BCUT2D eigenvalue weighted by Crippen LogP contribution is -2.41. The fourth-order valence-corrected chi connectivity index (χ4v) is 2.01. The van der Waals surface area contributed by atoms with Crippen molar-refractivity contribution < 1.29 is 9.21 Å². The summed E-state index contributed by atoms with van der Waals surface area (Å²) in [4.78, 5) is 19.8. The van der Waals surface area contributed by atoms with Gasteiger partial charge in [-0.25, -0.2) is 9.98 Å². The standard InChI is InChI=1S/C17H23N5O2/c1-3-18-17(20-10-9-19-13(2)23)21-11-15-12-24-16(22-15)14-7-5-4-6-8-14/h4-8,12H,3,9-11H2,1-2H3,(H,19,23)(H2,18,20,21). The highest BCUT2D eigenvalue weighted by molar-refractivity contribution is 5.79. The molecule has 2 aromatic rings. The van der Waals surface area contributed by atoms with Crippen molar-refractivity contribution in [1.29, 1.82) is 0 Å². The molecule has 0 saturated heterocycles. The number of aliphatic imine (C=N–C) groups is 1. The molecule has 0 radical (unpaired) electrons. The monoisotopic (exact) mass is 329 g/mol. The Labute approximate surface area is 141 Å². The molecule has 1 heterocycles. The Morgan fingerprint density at radius 3 is 2.62 bits per heavy atom. The van der Waals surface area contributed by atoms with E-state index in [1.165, 1.54) is 6.92 Å². The summed E-state index contributed by atoms with van der Waals surface area (Å²) < 4.78 is 5.50. The van der Waals surface area contributed by atoms with E-state index in [-0.39, 0.29) is 5.91 Å². The Balaban J connectivity index is 1.91. The normalized spacial score (nSPS) is 11.2. The van der Waals surface area contributed by atoms with Crippen molar-refractivity contribution in [3.8, 4) is 11.5 Å². The summed E-state index contributed by atoms with van der Waals surface area (Å²) in [5, 5.41) is 9.02. The van der Waals surface area contributed by atoms with Crippen LogP contribution in [0.1, 0.15) is 19.5 Å². The average molecular weight is 329 g/mol. The van der Waals surface area contributed by atoms with Crippen molar-refractivity contribution in [3.05, 3.63) is 42.3 Å². The van der Waals surface area contributed by atoms with E-state index in [1.807, 2.05) is 37.3 Å². The molecule has 0 fully saturated rings. The number of hydrogen-bond acceptors (Lipinski definition) is 4. The predicted molar refractivity (Wildman–Crippen MR) is 93.4 cm³/mol. The van der Waals surface area contributed by atoms with E-state index in [4.69, 9.17) is 4.42 Å². The number of nitrogens with zero attached hydrogens (tertiary/aromatic N) is 2. The number of amides is 1. The molecule has 0 aliphatic carbocycles. The van der Waals surface area contributed by atoms with Gasteiger partial charge in [0.15, 0.2) is 5.96 Å². The second kappa shape index (κ2) is 9.34. The molecule has 2 rings (SSSR count). The number of aromatic nitrogens is 1. The minimum absolute atomic E-state index is 0.0465. The second-order valence-electron chi connectivity index (χ2n) is 5.11. The minimum Gasteiger partial charge on any atom is -0.444 e. The maximum atomic E-state index is 10.8. The highest BCUT2D eigenvalue weighted by Crippen LogP contribution is 2.18. The molecule has 24 heavy (non-hydrogen) atoms. The number of carbonyl (C=O) groups is 1. The molecule has 128 valence electrons. The number of rotatable bonds is 7. The fourth-order valence-electron chi connectivity index (χ4n) is 2.01. The van der Waals surface area contributed by atoms with Gasteiger partial charge in [0.05, 0.1) is 6.54 Å². The molecular formula is C17H23N5O2. The summed E-state index contributed by atoms with van der Waals surface area (Å²) >= 11 is 0. The van der Waals surface area contributed by atoms with Crippen LogP contribution in [0.3, 0.4) is 0 Å². The zero-order valence-electron chi connectivity index (χ0n) is 14.0. The van der Waals surface area contributed by atoms with Gasteiger partial charge < -0.3 is 20.4 Å². The van der Waals surface area contributed by atoms with Crippen molar-refractivity contribution in [1.82, 2.24) is 20.9 Å². The van der Waals surface area contributed by atoms with E-state index in [0.29, 0.717) is 31.5 Å². The van der Waals surface area contributed by atoms with Gasteiger partial charge in [0, 0.05) is 32.1 Å². The largest absolute Gasteiger partial charge is 0.444 e. The summed E-state index contributed by atoms with van der Waals surface area (Å²) in [7, 11) is 0. The van der Waals surface area contributed by atoms with Gasteiger partial charge in [-0.3, -0.25) is 4.79 Å². The SMILES string of the molecule is CCNC(=NCc1coc(-c2ccccc2)n1)NCCNC(C)=O. The maximum absolute atomic E-state index is 10.8. The topological polar surface area (TPSA) is 91.6 Å². The number of hydrogen-bond donors (Lipinski definition) is 3. The van der Waals surface area contributed by atoms with Crippen LogP contribution in [0.5, 0.6) is 0 Å². The zero-order chi connectivity index (χ0) is 17.2. The van der Waals surface area contributed by atoms with Crippen LogP contribution in [-0.2, 0) is 11.3 Å². The smallest absolute Gasteiger partial charge is 0.226 e. The molecule has 1 amide bonds. The van der Waals surface area contributed by atoms with Crippen molar-refractivity contribution in [3.63, 3.8) is 0 Å². The molecule has 0 atom stereocenters. The molecule has 1 aromatic heterocycles.